The van der Waals surface area contributed by atoms with Crippen molar-refractivity contribution < 1.29 is 27.5 Å². The monoisotopic (exact) mass is 639 g/mol. The number of fused-ring (bicyclic) bond motifs is 1. The average Bonchev–Trinajstić information content (AvgIpc) is 3.42. The van der Waals surface area contributed by atoms with Crippen LogP contribution in [-0.4, -0.2) is 72.8 Å². The van der Waals surface area contributed by atoms with Crippen molar-refractivity contribution in [2.45, 2.75) is 81.9 Å². The van der Waals surface area contributed by atoms with Crippen LogP contribution in [0.15, 0.2) is 65.7 Å². The largest absolute Gasteiger partial charge is 0.458 e. The molecule has 45 heavy (non-hydrogen) atoms. The normalized spacial score (nSPS) is 16.2. The number of amides is 2. The lowest BCUT2D eigenvalue weighted by molar-refractivity contribution is -0.159. The van der Waals surface area contributed by atoms with Crippen molar-refractivity contribution in [2.75, 3.05) is 19.6 Å². The Morgan fingerprint density at radius 1 is 0.978 bits per heavy atom. The summed E-state index contributed by atoms with van der Waals surface area (Å²) in [6, 6.07) is 14.0. The average molecular weight is 640 g/mol. The van der Waals surface area contributed by atoms with Crippen LogP contribution in [0.2, 0.25) is 0 Å². The summed E-state index contributed by atoms with van der Waals surface area (Å²) in [5, 5.41) is 6.70. The van der Waals surface area contributed by atoms with E-state index in [2.05, 4.69) is 15.6 Å². The number of para-hydroxylation sites is 1. The van der Waals surface area contributed by atoms with Gasteiger partial charge in [-0.2, -0.15) is 4.31 Å². The van der Waals surface area contributed by atoms with Crippen LogP contribution in [-0.2, 0) is 35.6 Å². The number of nitrogens with one attached hydrogen (secondary N) is 3. The van der Waals surface area contributed by atoms with Crippen molar-refractivity contribution in [2.24, 2.45) is 11.7 Å². The highest BCUT2D eigenvalue weighted by atomic mass is 32.2. The number of benzene rings is 2. The molecule has 11 nitrogen and oxygen atoms in total. The van der Waals surface area contributed by atoms with E-state index in [4.69, 9.17) is 10.5 Å². The Bertz CT molecular complexity index is 1560. The van der Waals surface area contributed by atoms with Gasteiger partial charge in [0.15, 0.2) is 0 Å². The Labute approximate surface area is 265 Å². The number of hydrogen-bond acceptors (Lipinski definition) is 7. The van der Waals surface area contributed by atoms with Crippen molar-refractivity contribution >= 4 is 38.7 Å². The van der Waals surface area contributed by atoms with Crippen molar-refractivity contribution in [3.05, 3.63) is 66.4 Å². The molecular formula is C33H45N5O6S. The minimum atomic E-state index is -3.66. The number of piperidine rings is 1. The summed E-state index contributed by atoms with van der Waals surface area (Å²) in [5.41, 5.74) is 6.66. The van der Waals surface area contributed by atoms with Crippen LogP contribution in [0.25, 0.3) is 10.9 Å². The molecule has 3 aromatic rings. The number of hydrogen-bond donors (Lipinski definition) is 4. The summed E-state index contributed by atoms with van der Waals surface area (Å²) >= 11 is 0. The first-order chi connectivity index (χ1) is 21.4. The quantitative estimate of drug-likeness (QED) is 0.165. The SMILES string of the molecule is CC(C)(C)OC(=O)C(CCCCN)NC(=O)C(Cc1c[nH]c2ccccc12)NC(=O)C1CCN(S(=O)(=O)c2ccccc2)CC1. The van der Waals surface area contributed by atoms with Crippen LogP contribution >= 0.6 is 0 Å². The van der Waals surface area contributed by atoms with Crippen molar-refractivity contribution in [3.63, 3.8) is 0 Å². The molecule has 1 aromatic heterocycles. The van der Waals surface area contributed by atoms with E-state index in [0.717, 1.165) is 16.5 Å². The topological polar surface area (TPSA) is 164 Å². The Morgan fingerprint density at radius 3 is 2.31 bits per heavy atom. The molecule has 0 bridgehead atoms. The number of unbranched alkanes of at least 4 members (excludes halogenated alkanes) is 1. The summed E-state index contributed by atoms with van der Waals surface area (Å²) < 4.78 is 33.1. The van der Waals surface area contributed by atoms with Gasteiger partial charge in [-0.05, 0) is 83.2 Å². The van der Waals surface area contributed by atoms with Crippen molar-refractivity contribution in [1.82, 2.24) is 19.9 Å². The lowest BCUT2D eigenvalue weighted by Gasteiger charge is -2.31. The number of ether oxygens (including phenoxy) is 1. The third-order valence-corrected chi connectivity index (χ3v) is 9.81. The van der Waals surface area contributed by atoms with E-state index in [0.29, 0.717) is 38.6 Å². The zero-order chi connectivity index (χ0) is 32.6. The molecule has 5 N–H and O–H groups in total. The predicted molar refractivity (Wildman–Crippen MR) is 173 cm³/mol. The molecule has 1 aliphatic rings. The number of H-pyrrole nitrogens is 1. The van der Waals surface area contributed by atoms with Gasteiger partial charge < -0.3 is 26.1 Å². The molecule has 1 aliphatic heterocycles. The van der Waals surface area contributed by atoms with Crippen LogP contribution in [0.1, 0.15) is 58.4 Å². The number of esters is 1. The maximum Gasteiger partial charge on any atom is 0.329 e. The molecule has 244 valence electrons. The van der Waals surface area contributed by atoms with Gasteiger partial charge in [0.1, 0.15) is 17.7 Å². The first kappa shape index (κ1) is 34.1. The smallest absolute Gasteiger partial charge is 0.329 e. The lowest BCUT2D eigenvalue weighted by atomic mass is 9.96. The van der Waals surface area contributed by atoms with Crippen molar-refractivity contribution in [1.29, 1.82) is 0 Å². The van der Waals surface area contributed by atoms with Crippen LogP contribution < -0.4 is 16.4 Å². The first-order valence-corrected chi connectivity index (χ1v) is 17.0. The number of carbonyl (C=O) groups is 3. The molecule has 2 aromatic carbocycles. The molecule has 0 saturated carbocycles. The predicted octanol–water partition coefficient (Wildman–Crippen LogP) is 3.25. The van der Waals surface area contributed by atoms with Crippen LogP contribution in [0.3, 0.4) is 0 Å². The van der Waals surface area contributed by atoms with Gasteiger partial charge in [0.2, 0.25) is 21.8 Å². The molecule has 2 atom stereocenters. The fourth-order valence-corrected chi connectivity index (χ4v) is 7.00. The standard InChI is InChI=1S/C33H45N5O6S/c1-33(2,3)44-32(41)28(15-9-10-18-34)36-31(40)29(21-24-22-35-27-14-8-7-13-26(24)27)37-30(39)23-16-19-38(20-17-23)45(42,43)25-11-5-4-6-12-25/h4-8,11-14,22-23,28-29,35H,9-10,15-21,34H2,1-3H3,(H,36,40)(H,37,39). The molecule has 0 spiro atoms. The first-order valence-electron chi connectivity index (χ1n) is 15.5. The highest BCUT2D eigenvalue weighted by Crippen LogP contribution is 2.25. The number of carbonyl (C=O) groups excluding carboxylic acids is 3. The van der Waals surface area contributed by atoms with Gasteiger partial charge in [-0.25, -0.2) is 13.2 Å². The molecule has 0 aliphatic carbocycles. The second-order valence-electron chi connectivity index (χ2n) is 12.5. The molecule has 1 saturated heterocycles. The molecule has 2 amide bonds. The van der Waals surface area contributed by atoms with Gasteiger partial charge in [-0.15, -0.1) is 0 Å². The summed E-state index contributed by atoms with van der Waals surface area (Å²) in [6.07, 6.45) is 4.29. The van der Waals surface area contributed by atoms with E-state index < -0.39 is 45.5 Å². The Hall–Kier alpha value is -3.74. The van der Waals surface area contributed by atoms with Gasteiger partial charge in [0.05, 0.1) is 4.90 Å². The fraction of sp³-hybridized carbons (Fsp3) is 0.485. The minimum Gasteiger partial charge on any atom is -0.458 e. The highest BCUT2D eigenvalue weighted by molar-refractivity contribution is 7.89. The number of rotatable bonds is 13. The maximum atomic E-state index is 13.8. The molecule has 12 heteroatoms. The molecule has 2 unspecified atom stereocenters. The van der Waals surface area contributed by atoms with Gasteiger partial charge in [0.25, 0.3) is 0 Å². The Kier molecular flexibility index (Phi) is 11.4. The summed E-state index contributed by atoms with van der Waals surface area (Å²) in [7, 11) is -3.66. The van der Waals surface area contributed by atoms with Gasteiger partial charge in [0, 0.05) is 42.5 Å². The Morgan fingerprint density at radius 2 is 1.64 bits per heavy atom. The van der Waals surface area contributed by atoms with E-state index in [1.165, 1.54) is 4.31 Å². The van der Waals surface area contributed by atoms with E-state index in [1.54, 1.807) is 51.1 Å². The third kappa shape index (κ3) is 9.15. The van der Waals surface area contributed by atoms with Crippen LogP contribution in [0, 0.1) is 5.92 Å². The minimum absolute atomic E-state index is 0.187. The van der Waals surface area contributed by atoms with E-state index in [1.807, 2.05) is 30.5 Å². The number of aromatic nitrogens is 1. The molecule has 2 heterocycles. The number of nitrogens with two attached hydrogens (primary N) is 1. The van der Waals surface area contributed by atoms with E-state index in [-0.39, 0.29) is 30.3 Å². The highest BCUT2D eigenvalue weighted by Gasteiger charge is 2.35. The molecule has 4 rings (SSSR count). The second-order valence-corrected chi connectivity index (χ2v) is 14.4. The maximum absolute atomic E-state index is 13.8. The molecular weight excluding hydrogens is 594 g/mol. The summed E-state index contributed by atoms with van der Waals surface area (Å²) in [5.74, 6) is -1.85. The van der Waals surface area contributed by atoms with Gasteiger partial charge in [-0.3, -0.25) is 9.59 Å². The van der Waals surface area contributed by atoms with E-state index in [9.17, 15) is 22.8 Å². The summed E-state index contributed by atoms with van der Waals surface area (Å²) in [6.45, 7) is 6.13. The summed E-state index contributed by atoms with van der Waals surface area (Å²) in [4.78, 5) is 43.9. The van der Waals surface area contributed by atoms with Crippen LogP contribution in [0.4, 0.5) is 0 Å². The molecule has 1 fully saturated rings. The number of aromatic amines is 1. The third-order valence-electron chi connectivity index (χ3n) is 7.89. The zero-order valence-electron chi connectivity index (χ0n) is 26.3. The zero-order valence-corrected chi connectivity index (χ0v) is 27.1. The van der Waals surface area contributed by atoms with Gasteiger partial charge in [-0.1, -0.05) is 36.4 Å². The lowest BCUT2D eigenvalue weighted by Crippen LogP contribution is -2.54. The number of nitrogens with zero attached hydrogens (tertiary/aromatic N) is 1. The number of sulfonamides is 1. The fourth-order valence-electron chi connectivity index (χ4n) is 5.51. The second kappa shape index (κ2) is 15.0. The van der Waals surface area contributed by atoms with Gasteiger partial charge >= 0.3 is 5.97 Å². The Balaban J connectivity index is 1.50. The van der Waals surface area contributed by atoms with Crippen LogP contribution in [0.5, 0.6) is 0 Å². The van der Waals surface area contributed by atoms with E-state index >= 15 is 0 Å². The van der Waals surface area contributed by atoms with Crippen molar-refractivity contribution in [3.8, 4) is 0 Å². The molecule has 0 radical (unpaired) electrons.